The second-order valence-electron chi connectivity index (χ2n) is 3.05. The summed E-state index contributed by atoms with van der Waals surface area (Å²) < 4.78 is 9.96. The van der Waals surface area contributed by atoms with Gasteiger partial charge in [-0.25, -0.2) is 0 Å². The van der Waals surface area contributed by atoms with Crippen molar-refractivity contribution < 1.29 is 14.3 Å². The highest BCUT2D eigenvalue weighted by molar-refractivity contribution is 7.99. The maximum atomic E-state index is 10.8. The Bertz CT molecular complexity index is 344. The SMILES string of the molecule is COC(=O)CSCCOc1cccc(N)c1. The minimum atomic E-state index is -0.214. The van der Waals surface area contributed by atoms with Crippen molar-refractivity contribution in [2.45, 2.75) is 0 Å². The Labute approximate surface area is 99.1 Å². The zero-order valence-electron chi connectivity index (χ0n) is 9.14. The van der Waals surface area contributed by atoms with E-state index in [0.29, 0.717) is 18.0 Å². The molecule has 0 aliphatic carbocycles. The van der Waals surface area contributed by atoms with E-state index in [1.54, 1.807) is 12.1 Å². The summed E-state index contributed by atoms with van der Waals surface area (Å²) >= 11 is 1.48. The molecule has 0 amide bonds. The van der Waals surface area contributed by atoms with E-state index in [0.717, 1.165) is 11.5 Å². The number of anilines is 1. The van der Waals surface area contributed by atoms with Gasteiger partial charge in [-0.1, -0.05) is 6.07 Å². The number of nitrogen functional groups attached to an aromatic ring is 1. The Morgan fingerprint density at radius 2 is 2.31 bits per heavy atom. The first-order chi connectivity index (χ1) is 7.72. The second kappa shape index (κ2) is 7.00. The van der Waals surface area contributed by atoms with Crippen molar-refractivity contribution in [2.75, 3.05) is 31.0 Å². The summed E-state index contributed by atoms with van der Waals surface area (Å²) in [5.41, 5.74) is 6.28. The number of esters is 1. The first-order valence-electron chi connectivity index (χ1n) is 4.85. The molecule has 0 radical (unpaired) electrons. The molecule has 2 N–H and O–H groups in total. The highest BCUT2D eigenvalue weighted by atomic mass is 32.2. The van der Waals surface area contributed by atoms with Gasteiger partial charge in [0.2, 0.25) is 0 Å². The van der Waals surface area contributed by atoms with Gasteiger partial charge in [-0.05, 0) is 12.1 Å². The fraction of sp³-hybridized carbons (Fsp3) is 0.364. The molecule has 0 aliphatic rings. The Hall–Kier alpha value is -1.36. The van der Waals surface area contributed by atoms with Gasteiger partial charge in [0.15, 0.2) is 0 Å². The number of carbonyl (C=O) groups is 1. The minimum absolute atomic E-state index is 0.214. The molecule has 0 aromatic heterocycles. The average Bonchev–Trinajstić information content (AvgIpc) is 2.28. The van der Waals surface area contributed by atoms with Crippen LogP contribution in [0.25, 0.3) is 0 Å². The smallest absolute Gasteiger partial charge is 0.315 e. The topological polar surface area (TPSA) is 61.5 Å². The lowest BCUT2D eigenvalue weighted by Crippen LogP contribution is -2.07. The van der Waals surface area contributed by atoms with Gasteiger partial charge >= 0.3 is 5.97 Å². The van der Waals surface area contributed by atoms with Crippen LogP contribution in [0.15, 0.2) is 24.3 Å². The summed E-state index contributed by atoms with van der Waals surface area (Å²) in [5.74, 6) is 1.63. The van der Waals surface area contributed by atoms with Gasteiger partial charge in [-0.2, -0.15) is 0 Å². The molecule has 0 bridgehead atoms. The van der Waals surface area contributed by atoms with Crippen LogP contribution >= 0.6 is 11.8 Å². The molecule has 88 valence electrons. The first-order valence-corrected chi connectivity index (χ1v) is 6.00. The van der Waals surface area contributed by atoms with Crippen molar-refractivity contribution in [1.82, 2.24) is 0 Å². The largest absolute Gasteiger partial charge is 0.493 e. The highest BCUT2D eigenvalue weighted by Crippen LogP contribution is 2.14. The third-order valence-corrected chi connectivity index (χ3v) is 2.70. The standard InChI is InChI=1S/C11H15NO3S/c1-14-11(13)8-16-6-5-15-10-4-2-3-9(12)7-10/h2-4,7H,5-6,8,12H2,1H3. The number of hydrogen-bond acceptors (Lipinski definition) is 5. The number of thioether (sulfide) groups is 1. The molecule has 0 spiro atoms. The van der Waals surface area contributed by atoms with Gasteiger partial charge < -0.3 is 15.2 Å². The first kappa shape index (κ1) is 12.7. The van der Waals surface area contributed by atoms with Crippen molar-refractivity contribution in [2.24, 2.45) is 0 Å². The third-order valence-electron chi connectivity index (χ3n) is 1.80. The number of rotatable bonds is 6. The van der Waals surface area contributed by atoms with Crippen LogP contribution in [0.4, 0.5) is 5.69 Å². The predicted molar refractivity (Wildman–Crippen MR) is 65.7 cm³/mol. The minimum Gasteiger partial charge on any atom is -0.493 e. The van der Waals surface area contributed by atoms with Crippen LogP contribution < -0.4 is 10.5 Å². The molecule has 0 unspecified atom stereocenters. The summed E-state index contributed by atoms with van der Waals surface area (Å²) in [5, 5.41) is 0. The Kier molecular flexibility index (Phi) is 5.56. The Balaban J connectivity index is 2.14. The van der Waals surface area contributed by atoms with Gasteiger partial charge in [-0.3, -0.25) is 4.79 Å². The lowest BCUT2D eigenvalue weighted by molar-refractivity contribution is -0.137. The lowest BCUT2D eigenvalue weighted by Gasteiger charge is -2.06. The summed E-state index contributed by atoms with van der Waals surface area (Å²) in [7, 11) is 1.38. The van der Waals surface area contributed by atoms with Crippen LogP contribution in [0.2, 0.25) is 0 Å². The maximum absolute atomic E-state index is 10.8. The average molecular weight is 241 g/mol. The van der Waals surface area contributed by atoms with Gasteiger partial charge in [0.25, 0.3) is 0 Å². The van der Waals surface area contributed by atoms with Crippen LogP contribution in [0.1, 0.15) is 0 Å². The molecular weight excluding hydrogens is 226 g/mol. The normalized spacial score (nSPS) is 9.81. The molecule has 0 saturated heterocycles. The zero-order valence-corrected chi connectivity index (χ0v) is 9.96. The van der Waals surface area contributed by atoms with Crippen molar-refractivity contribution in [3.63, 3.8) is 0 Å². The molecule has 0 aliphatic heterocycles. The molecule has 0 saturated carbocycles. The van der Waals surface area contributed by atoms with E-state index in [9.17, 15) is 4.79 Å². The molecule has 0 heterocycles. The monoisotopic (exact) mass is 241 g/mol. The lowest BCUT2D eigenvalue weighted by atomic mass is 10.3. The van der Waals surface area contributed by atoms with E-state index in [-0.39, 0.29) is 5.97 Å². The van der Waals surface area contributed by atoms with Crippen molar-refractivity contribution in [3.05, 3.63) is 24.3 Å². The summed E-state index contributed by atoms with van der Waals surface area (Å²) in [6.07, 6.45) is 0. The van der Waals surface area contributed by atoms with E-state index in [4.69, 9.17) is 10.5 Å². The molecule has 5 heteroatoms. The zero-order chi connectivity index (χ0) is 11.8. The number of hydrogen-bond donors (Lipinski definition) is 1. The molecule has 1 aromatic carbocycles. The van der Waals surface area contributed by atoms with E-state index >= 15 is 0 Å². The summed E-state index contributed by atoms with van der Waals surface area (Å²) in [6, 6.07) is 7.26. The third kappa shape index (κ3) is 4.93. The fourth-order valence-electron chi connectivity index (χ4n) is 1.04. The predicted octanol–water partition coefficient (Wildman–Crippen LogP) is 1.55. The quantitative estimate of drug-likeness (QED) is 0.465. The molecule has 1 aromatic rings. The molecule has 0 atom stereocenters. The Morgan fingerprint density at radius 1 is 1.50 bits per heavy atom. The molecule has 16 heavy (non-hydrogen) atoms. The van der Waals surface area contributed by atoms with Crippen LogP contribution in [0.3, 0.4) is 0 Å². The Morgan fingerprint density at radius 3 is 3.00 bits per heavy atom. The second-order valence-corrected chi connectivity index (χ2v) is 4.15. The molecule has 4 nitrogen and oxygen atoms in total. The summed E-state index contributed by atoms with van der Waals surface area (Å²) in [6.45, 7) is 0.547. The van der Waals surface area contributed by atoms with Crippen molar-refractivity contribution in [3.8, 4) is 5.75 Å². The fourth-order valence-corrected chi connectivity index (χ4v) is 1.67. The van der Waals surface area contributed by atoms with Crippen LogP contribution in [0.5, 0.6) is 5.75 Å². The molecular formula is C11H15NO3S. The van der Waals surface area contributed by atoms with E-state index in [1.807, 2.05) is 12.1 Å². The number of benzene rings is 1. The van der Waals surface area contributed by atoms with Crippen LogP contribution in [-0.2, 0) is 9.53 Å². The number of carbonyl (C=O) groups excluding carboxylic acids is 1. The van der Waals surface area contributed by atoms with Crippen LogP contribution in [0, 0.1) is 0 Å². The number of ether oxygens (including phenoxy) is 2. The van der Waals surface area contributed by atoms with Crippen molar-refractivity contribution >= 4 is 23.4 Å². The van der Waals surface area contributed by atoms with E-state index in [2.05, 4.69) is 4.74 Å². The highest BCUT2D eigenvalue weighted by Gasteiger charge is 2.00. The van der Waals surface area contributed by atoms with Crippen molar-refractivity contribution in [1.29, 1.82) is 0 Å². The van der Waals surface area contributed by atoms with Gasteiger partial charge in [0, 0.05) is 17.5 Å². The molecule has 0 fully saturated rings. The number of nitrogens with two attached hydrogens (primary N) is 1. The summed E-state index contributed by atoms with van der Waals surface area (Å²) in [4.78, 5) is 10.8. The number of methoxy groups -OCH3 is 1. The van der Waals surface area contributed by atoms with E-state index in [1.165, 1.54) is 18.9 Å². The van der Waals surface area contributed by atoms with Crippen LogP contribution in [-0.4, -0.2) is 31.2 Å². The van der Waals surface area contributed by atoms with Gasteiger partial charge in [0.05, 0.1) is 19.5 Å². The van der Waals surface area contributed by atoms with Gasteiger partial charge in [0.1, 0.15) is 5.75 Å². The molecule has 1 rings (SSSR count). The maximum Gasteiger partial charge on any atom is 0.315 e. The van der Waals surface area contributed by atoms with Gasteiger partial charge in [-0.15, -0.1) is 11.8 Å². The van der Waals surface area contributed by atoms with E-state index < -0.39 is 0 Å².